The summed E-state index contributed by atoms with van der Waals surface area (Å²) in [5.74, 6) is -5.51. The van der Waals surface area contributed by atoms with Gasteiger partial charge in [0.15, 0.2) is 23.2 Å². The molecule has 0 heterocycles. The molecule has 0 saturated carbocycles. The molecule has 0 aliphatic heterocycles. The highest BCUT2D eigenvalue weighted by atomic mass is 19.4. The summed E-state index contributed by atoms with van der Waals surface area (Å²) in [6.45, 7) is 1.47. The van der Waals surface area contributed by atoms with Gasteiger partial charge in [0.2, 0.25) is 5.75 Å². The third-order valence-corrected chi connectivity index (χ3v) is 3.99. The third-order valence-electron chi connectivity index (χ3n) is 3.99. The highest BCUT2D eigenvalue weighted by Crippen LogP contribution is 2.30. The van der Waals surface area contributed by atoms with E-state index in [2.05, 4.69) is 4.74 Å². The van der Waals surface area contributed by atoms with Gasteiger partial charge < -0.3 is 9.47 Å². The third kappa shape index (κ3) is 5.22. The molecule has 0 radical (unpaired) electrons. The van der Waals surface area contributed by atoms with Crippen LogP contribution in [0.2, 0.25) is 0 Å². The van der Waals surface area contributed by atoms with Crippen molar-refractivity contribution >= 4 is 0 Å². The standard InChI is InChI=1S/C21H14F6O2/c1-12-2-4-14(5-3-12)15-6-7-19(16(22)10-15)28-11-13-8-17(23)20(18(24)9-13)29-21(25,26)27/h2-10H,11H2,1H3. The molecule has 0 unspecified atom stereocenters. The Hall–Kier alpha value is -3.16. The van der Waals surface area contributed by atoms with Crippen LogP contribution < -0.4 is 9.47 Å². The average molecular weight is 412 g/mol. The average Bonchev–Trinajstić information content (AvgIpc) is 2.63. The number of hydrogen-bond donors (Lipinski definition) is 0. The lowest BCUT2D eigenvalue weighted by Gasteiger charge is -2.13. The zero-order valence-electron chi connectivity index (χ0n) is 15.0. The van der Waals surface area contributed by atoms with Crippen LogP contribution in [0.3, 0.4) is 0 Å². The number of benzene rings is 3. The Morgan fingerprint density at radius 2 is 1.34 bits per heavy atom. The van der Waals surface area contributed by atoms with Crippen molar-refractivity contribution in [3.63, 3.8) is 0 Å². The monoisotopic (exact) mass is 412 g/mol. The topological polar surface area (TPSA) is 18.5 Å². The van der Waals surface area contributed by atoms with Crippen LogP contribution in [0, 0.1) is 24.4 Å². The maximum absolute atomic E-state index is 14.3. The van der Waals surface area contributed by atoms with Crippen LogP contribution >= 0.6 is 0 Å². The maximum atomic E-state index is 14.3. The van der Waals surface area contributed by atoms with Crippen molar-refractivity contribution in [2.45, 2.75) is 19.9 Å². The van der Waals surface area contributed by atoms with Crippen LogP contribution in [0.4, 0.5) is 26.3 Å². The number of hydrogen-bond acceptors (Lipinski definition) is 2. The second-order valence-electron chi connectivity index (χ2n) is 6.24. The van der Waals surface area contributed by atoms with Gasteiger partial charge in [-0.3, -0.25) is 0 Å². The second-order valence-corrected chi connectivity index (χ2v) is 6.24. The Morgan fingerprint density at radius 3 is 1.90 bits per heavy atom. The molecule has 0 spiro atoms. The Kier molecular flexibility index (Phi) is 5.72. The number of halogens is 6. The highest BCUT2D eigenvalue weighted by molar-refractivity contribution is 5.64. The van der Waals surface area contributed by atoms with E-state index in [-0.39, 0.29) is 11.3 Å². The van der Waals surface area contributed by atoms with Gasteiger partial charge in [-0.25, -0.2) is 13.2 Å². The summed E-state index contributed by atoms with van der Waals surface area (Å²) in [5, 5.41) is 0. The SMILES string of the molecule is Cc1ccc(-c2ccc(OCc3cc(F)c(OC(F)(F)F)c(F)c3)c(F)c2)cc1. The molecule has 29 heavy (non-hydrogen) atoms. The van der Waals surface area contributed by atoms with Crippen LogP contribution in [-0.2, 0) is 6.61 Å². The van der Waals surface area contributed by atoms with E-state index in [4.69, 9.17) is 4.74 Å². The normalized spacial score (nSPS) is 11.4. The first-order chi connectivity index (χ1) is 13.6. The minimum absolute atomic E-state index is 0.128. The molecule has 0 aliphatic rings. The molecule has 2 nitrogen and oxygen atoms in total. The molecule has 0 amide bonds. The predicted octanol–water partition coefficient (Wildman–Crippen LogP) is 6.56. The summed E-state index contributed by atoms with van der Waals surface area (Å²) in [7, 11) is 0. The fourth-order valence-electron chi connectivity index (χ4n) is 2.61. The molecule has 0 aliphatic carbocycles. The van der Waals surface area contributed by atoms with Crippen LogP contribution in [0.15, 0.2) is 54.6 Å². The van der Waals surface area contributed by atoms with Gasteiger partial charge in [0, 0.05) is 0 Å². The van der Waals surface area contributed by atoms with Crippen molar-refractivity contribution in [3.05, 3.63) is 83.2 Å². The molecule has 0 fully saturated rings. The van der Waals surface area contributed by atoms with Crippen molar-refractivity contribution in [1.29, 1.82) is 0 Å². The van der Waals surface area contributed by atoms with E-state index >= 15 is 0 Å². The van der Waals surface area contributed by atoms with E-state index in [1.165, 1.54) is 12.1 Å². The molecular formula is C21H14F6O2. The molecule has 0 saturated heterocycles. The van der Waals surface area contributed by atoms with Crippen LogP contribution in [-0.4, -0.2) is 6.36 Å². The molecular weight excluding hydrogens is 398 g/mol. The van der Waals surface area contributed by atoms with Gasteiger partial charge in [0.05, 0.1) is 0 Å². The minimum atomic E-state index is -5.23. The number of alkyl halides is 3. The first-order valence-corrected chi connectivity index (χ1v) is 8.35. The smallest absolute Gasteiger partial charge is 0.486 e. The summed E-state index contributed by atoms with van der Waals surface area (Å²) in [6.07, 6.45) is -5.23. The molecule has 3 rings (SSSR count). The van der Waals surface area contributed by atoms with Crippen molar-refractivity contribution in [2.24, 2.45) is 0 Å². The second kappa shape index (κ2) is 8.06. The van der Waals surface area contributed by atoms with Crippen LogP contribution in [0.25, 0.3) is 11.1 Å². The fourth-order valence-corrected chi connectivity index (χ4v) is 2.61. The molecule has 0 atom stereocenters. The van der Waals surface area contributed by atoms with Gasteiger partial charge in [0.25, 0.3) is 0 Å². The fraction of sp³-hybridized carbons (Fsp3) is 0.143. The molecule has 0 aromatic heterocycles. The number of ether oxygens (including phenoxy) is 2. The lowest BCUT2D eigenvalue weighted by molar-refractivity contribution is -0.276. The largest absolute Gasteiger partial charge is 0.573 e. The lowest BCUT2D eigenvalue weighted by Crippen LogP contribution is -2.19. The van der Waals surface area contributed by atoms with E-state index in [1.54, 1.807) is 6.07 Å². The highest BCUT2D eigenvalue weighted by Gasteiger charge is 2.34. The molecule has 8 heteroatoms. The van der Waals surface area contributed by atoms with E-state index < -0.39 is 36.2 Å². The molecule has 3 aromatic rings. The van der Waals surface area contributed by atoms with Gasteiger partial charge >= 0.3 is 6.36 Å². The zero-order valence-corrected chi connectivity index (χ0v) is 15.0. The summed E-state index contributed by atoms with van der Waals surface area (Å²) in [4.78, 5) is 0. The zero-order chi connectivity index (χ0) is 21.2. The van der Waals surface area contributed by atoms with E-state index in [0.29, 0.717) is 17.7 Å². The Bertz CT molecular complexity index is 990. The number of aryl methyl sites for hydroxylation is 1. The van der Waals surface area contributed by atoms with Crippen molar-refractivity contribution in [2.75, 3.05) is 0 Å². The van der Waals surface area contributed by atoms with Gasteiger partial charge in [-0.15, -0.1) is 13.2 Å². The van der Waals surface area contributed by atoms with E-state index in [0.717, 1.165) is 11.1 Å². The summed E-state index contributed by atoms with van der Waals surface area (Å²) < 4.78 is 86.8. The first kappa shape index (κ1) is 20.6. The first-order valence-electron chi connectivity index (χ1n) is 8.35. The van der Waals surface area contributed by atoms with Crippen LogP contribution in [0.1, 0.15) is 11.1 Å². The molecule has 0 bridgehead atoms. The molecule has 152 valence electrons. The molecule has 0 N–H and O–H groups in total. The summed E-state index contributed by atoms with van der Waals surface area (Å²) >= 11 is 0. The van der Waals surface area contributed by atoms with Gasteiger partial charge in [-0.05, 0) is 47.9 Å². The van der Waals surface area contributed by atoms with Crippen molar-refractivity contribution in [1.82, 2.24) is 0 Å². The Labute approximate surface area is 162 Å². The lowest BCUT2D eigenvalue weighted by atomic mass is 10.0. The van der Waals surface area contributed by atoms with Gasteiger partial charge in [-0.2, -0.15) is 0 Å². The summed E-state index contributed by atoms with van der Waals surface area (Å²) in [6, 6.07) is 12.9. The van der Waals surface area contributed by atoms with Crippen LogP contribution in [0.5, 0.6) is 11.5 Å². The minimum Gasteiger partial charge on any atom is -0.486 e. The Morgan fingerprint density at radius 1 is 0.759 bits per heavy atom. The molecule has 3 aromatic carbocycles. The quantitative estimate of drug-likeness (QED) is 0.442. The van der Waals surface area contributed by atoms with Gasteiger partial charge in [0.1, 0.15) is 6.61 Å². The number of rotatable bonds is 5. The summed E-state index contributed by atoms with van der Waals surface area (Å²) in [5.41, 5.74) is 2.34. The Balaban J connectivity index is 1.74. The van der Waals surface area contributed by atoms with Crippen molar-refractivity contribution in [3.8, 4) is 22.6 Å². The predicted molar refractivity (Wildman–Crippen MR) is 93.9 cm³/mol. The van der Waals surface area contributed by atoms with Gasteiger partial charge in [-0.1, -0.05) is 35.9 Å². The maximum Gasteiger partial charge on any atom is 0.573 e. The van der Waals surface area contributed by atoms with E-state index in [1.807, 2.05) is 31.2 Å². The van der Waals surface area contributed by atoms with Crippen molar-refractivity contribution < 1.29 is 35.8 Å². The van der Waals surface area contributed by atoms with E-state index in [9.17, 15) is 26.3 Å².